The highest BCUT2D eigenvalue weighted by Gasteiger charge is 2.17. The van der Waals surface area contributed by atoms with Crippen LogP contribution < -0.4 is 5.43 Å². The van der Waals surface area contributed by atoms with Gasteiger partial charge >= 0.3 is 0 Å². The molecule has 0 aliphatic heterocycles. The van der Waals surface area contributed by atoms with Crippen molar-refractivity contribution in [2.24, 2.45) is 5.10 Å². The Morgan fingerprint density at radius 3 is 2.54 bits per heavy atom. The fraction of sp³-hybridized carbons (Fsp3) is 0.280. The van der Waals surface area contributed by atoms with E-state index >= 15 is 0 Å². The number of nitro benzene ring substituents is 1. The first-order valence-corrected chi connectivity index (χ1v) is 12.1. The molecule has 1 N–H and O–H groups in total. The van der Waals surface area contributed by atoms with Crippen LogP contribution in [0.3, 0.4) is 0 Å². The summed E-state index contributed by atoms with van der Waals surface area (Å²) >= 11 is 1.28. The lowest BCUT2D eigenvalue weighted by Gasteiger charge is -2.19. The van der Waals surface area contributed by atoms with E-state index in [1.54, 1.807) is 24.3 Å². The summed E-state index contributed by atoms with van der Waals surface area (Å²) in [7, 11) is 0. The van der Waals surface area contributed by atoms with Gasteiger partial charge in [-0.3, -0.25) is 14.9 Å². The van der Waals surface area contributed by atoms with Crippen LogP contribution in [-0.2, 0) is 16.8 Å². The zero-order valence-electron chi connectivity index (χ0n) is 20.1. The van der Waals surface area contributed by atoms with Crippen LogP contribution in [0, 0.1) is 10.1 Å². The topological polar surface area (TPSA) is 115 Å². The quantitative estimate of drug-likeness (QED) is 0.193. The van der Waals surface area contributed by atoms with E-state index in [1.807, 2.05) is 23.6 Å². The minimum atomic E-state index is -0.447. The van der Waals surface area contributed by atoms with Gasteiger partial charge in [0.05, 0.1) is 16.2 Å². The Hall–Kier alpha value is -3.79. The molecule has 182 valence electrons. The number of para-hydroxylation sites is 1. The van der Waals surface area contributed by atoms with E-state index in [2.05, 4.69) is 53.6 Å². The summed E-state index contributed by atoms with van der Waals surface area (Å²) < 4.78 is 1.98. The molecule has 1 amide bonds. The zero-order valence-corrected chi connectivity index (χ0v) is 21.0. The Bertz CT molecular complexity index is 1240. The second-order valence-corrected chi connectivity index (χ2v) is 9.60. The van der Waals surface area contributed by atoms with Gasteiger partial charge in [0.1, 0.15) is 0 Å². The molecule has 0 unspecified atom stereocenters. The Kier molecular flexibility index (Phi) is 8.53. The van der Waals surface area contributed by atoms with Crippen molar-refractivity contribution in [2.75, 3.05) is 5.75 Å². The second kappa shape index (κ2) is 11.6. The lowest BCUT2D eigenvalue weighted by Crippen LogP contribution is -2.19. The average molecular weight is 493 g/mol. The molecule has 3 aromatic rings. The first-order valence-electron chi connectivity index (χ1n) is 11.1. The van der Waals surface area contributed by atoms with Crippen LogP contribution in [0.1, 0.15) is 38.8 Å². The molecule has 0 saturated heterocycles. The van der Waals surface area contributed by atoms with Crippen molar-refractivity contribution in [1.29, 1.82) is 0 Å². The monoisotopic (exact) mass is 492 g/mol. The number of carbonyl (C=O) groups excluding carboxylic acids is 1. The van der Waals surface area contributed by atoms with Crippen LogP contribution >= 0.6 is 11.8 Å². The summed E-state index contributed by atoms with van der Waals surface area (Å²) in [6.07, 6.45) is 4.45. The molecule has 0 spiro atoms. The Morgan fingerprint density at radius 1 is 1.17 bits per heavy atom. The number of amides is 1. The zero-order chi connectivity index (χ0) is 25.4. The van der Waals surface area contributed by atoms with Crippen LogP contribution in [-0.4, -0.2) is 37.6 Å². The minimum Gasteiger partial charge on any atom is -0.302 e. The number of rotatable bonds is 9. The predicted molar refractivity (Wildman–Crippen MR) is 139 cm³/mol. The maximum Gasteiger partial charge on any atom is 0.276 e. The van der Waals surface area contributed by atoms with Crippen molar-refractivity contribution in [3.05, 3.63) is 75.8 Å². The maximum absolute atomic E-state index is 12.2. The highest BCUT2D eigenvalue weighted by molar-refractivity contribution is 7.99. The molecule has 0 radical (unpaired) electrons. The number of nitrogens with one attached hydrogen (secondary N) is 1. The van der Waals surface area contributed by atoms with E-state index in [9.17, 15) is 14.9 Å². The molecule has 10 heteroatoms. The van der Waals surface area contributed by atoms with Crippen LogP contribution in [0.2, 0.25) is 0 Å². The van der Waals surface area contributed by atoms with Crippen LogP contribution in [0.25, 0.3) is 17.5 Å². The molecule has 0 aliphatic carbocycles. The van der Waals surface area contributed by atoms with E-state index in [1.165, 1.54) is 35.7 Å². The first-order chi connectivity index (χ1) is 16.7. The van der Waals surface area contributed by atoms with E-state index in [-0.39, 0.29) is 22.8 Å². The number of nitrogens with zero attached hydrogens (tertiary/aromatic N) is 5. The third-order valence-corrected chi connectivity index (χ3v) is 6.10. The summed E-state index contributed by atoms with van der Waals surface area (Å²) in [5, 5.41) is 24.1. The van der Waals surface area contributed by atoms with Gasteiger partial charge in [-0.1, -0.05) is 68.9 Å². The van der Waals surface area contributed by atoms with E-state index in [4.69, 9.17) is 0 Å². The van der Waals surface area contributed by atoms with Crippen molar-refractivity contribution in [3.63, 3.8) is 0 Å². The molecule has 0 fully saturated rings. The highest BCUT2D eigenvalue weighted by Crippen LogP contribution is 2.27. The van der Waals surface area contributed by atoms with Gasteiger partial charge in [-0.15, -0.1) is 10.2 Å². The SMILES string of the molecule is CCn1c(SCC(=O)NN=CC=Cc2ccccc2[N+](=O)[O-])nnc1-c1ccc(C(C)(C)C)cc1. The number of allylic oxidation sites excluding steroid dienone is 1. The summed E-state index contributed by atoms with van der Waals surface area (Å²) in [5.41, 5.74) is 5.18. The van der Waals surface area contributed by atoms with Gasteiger partial charge in [0, 0.05) is 24.4 Å². The fourth-order valence-electron chi connectivity index (χ4n) is 3.27. The van der Waals surface area contributed by atoms with Crippen LogP contribution in [0.4, 0.5) is 5.69 Å². The van der Waals surface area contributed by atoms with Crippen molar-refractivity contribution in [3.8, 4) is 11.4 Å². The third-order valence-electron chi connectivity index (χ3n) is 5.13. The Labute approximate surface area is 208 Å². The minimum absolute atomic E-state index is 0.00198. The van der Waals surface area contributed by atoms with Gasteiger partial charge in [-0.2, -0.15) is 5.10 Å². The summed E-state index contributed by atoms with van der Waals surface area (Å²) in [4.78, 5) is 22.8. The van der Waals surface area contributed by atoms with Crippen molar-refractivity contribution in [1.82, 2.24) is 20.2 Å². The number of hydrazone groups is 1. The maximum atomic E-state index is 12.2. The number of nitro groups is 1. The number of aromatic nitrogens is 3. The van der Waals surface area contributed by atoms with E-state index in [0.29, 0.717) is 17.3 Å². The summed E-state index contributed by atoms with van der Waals surface area (Å²) in [6, 6.07) is 14.7. The van der Waals surface area contributed by atoms with Gasteiger partial charge in [0.2, 0.25) is 0 Å². The molecular formula is C25H28N6O3S. The molecule has 0 atom stereocenters. The molecule has 1 aromatic heterocycles. The molecule has 2 aromatic carbocycles. The average Bonchev–Trinajstić information content (AvgIpc) is 3.25. The summed E-state index contributed by atoms with van der Waals surface area (Å²) in [5.74, 6) is 0.577. The summed E-state index contributed by atoms with van der Waals surface area (Å²) in [6.45, 7) is 9.19. The standard InChI is InChI=1S/C25H28N6O3S/c1-5-30-23(19-12-14-20(15-13-19)25(2,3)4)28-29-24(30)35-17-22(32)27-26-16-8-10-18-9-6-7-11-21(18)31(33)34/h6-16H,5,17H2,1-4H3,(H,27,32). The lowest BCUT2D eigenvalue weighted by molar-refractivity contribution is -0.385. The second-order valence-electron chi connectivity index (χ2n) is 8.65. The van der Waals surface area contributed by atoms with Gasteiger partial charge in [0.25, 0.3) is 11.6 Å². The third kappa shape index (κ3) is 6.86. The lowest BCUT2D eigenvalue weighted by atomic mass is 9.87. The van der Waals surface area contributed by atoms with Crippen molar-refractivity contribution >= 4 is 35.6 Å². The predicted octanol–water partition coefficient (Wildman–Crippen LogP) is 5.08. The molecule has 9 nitrogen and oxygen atoms in total. The normalized spacial score (nSPS) is 11.9. The van der Waals surface area contributed by atoms with E-state index in [0.717, 1.165) is 11.4 Å². The Balaban J connectivity index is 1.57. The van der Waals surface area contributed by atoms with Gasteiger partial charge < -0.3 is 4.57 Å². The molecular weight excluding hydrogens is 464 g/mol. The van der Waals surface area contributed by atoms with Crippen molar-refractivity contribution < 1.29 is 9.72 Å². The van der Waals surface area contributed by atoms with Crippen LogP contribution in [0.15, 0.2) is 64.9 Å². The number of benzene rings is 2. The number of carbonyl (C=O) groups is 1. The van der Waals surface area contributed by atoms with Gasteiger partial charge in [-0.25, -0.2) is 5.43 Å². The number of hydrogen-bond donors (Lipinski definition) is 1. The Morgan fingerprint density at radius 2 is 1.89 bits per heavy atom. The smallest absolute Gasteiger partial charge is 0.276 e. The van der Waals surface area contributed by atoms with Crippen molar-refractivity contribution in [2.45, 2.75) is 44.8 Å². The molecule has 1 heterocycles. The van der Waals surface area contributed by atoms with Gasteiger partial charge in [0.15, 0.2) is 11.0 Å². The fourth-order valence-corrected chi connectivity index (χ4v) is 4.06. The molecule has 0 aliphatic rings. The molecule has 0 bridgehead atoms. The first kappa shape index (κ1) is 25.8. The molecule has 35 heavy (non-hydrogen) atoms. The van der Waals surface area contributed by atoms with Crippen LogP contribution in [0.5, 0.6) is 0 Å². The molecule has 3 rings (SSSR count). The largest absolute Gasteiger partial charge is 0.302 e. The highest BCUT2D eigenvalue weighted by atomic mass is 32.2. The molecule has 0 saturated carbocycles. The van der Waals surface area contributed by atoms with Gasteiger partial charge in [-0.05, 0) is 36.1 Å². The number of hydrogen-bond acceptors (Lipinski definition) is 7. The number of thioether (sulfide) groups is 1. The van der Waals surface area contributed by atoms with E-state index < -0.39 is 4.92 Å².